The molecule has 2 aromatic rings. The lowest BCUT2D eigenvalue weighted by molar-refractivity contribution is 0.342. The fraction of sp³-hybridized carbons (Fsp3) is 0.250. The van der Waals surface area contributed by atoms with Gasteiger partial charge < -0.3 is 15.8 Å². The molecular formula is C16H19FN2O. The van der Waals surface area contributed by atoms with Crippen molar-refractivity contribution >= 4 is 11.4 Å². The lowest BCUT2D eigenvalue weighted by Gasteiger charge is -2.13. The SMILES string of the molecule is CCOc1cccc(NCCc2ccccc2F)c1N. The van der Waals surface area contributed by atoms with E-state index >= 15 is 0 Å². The Morgan fingerprint density at radius 1 is 1.15 bits per heavy atom. The summed E-state index contributed by atoms with van der Waals surface area (Å²) in [5, 5.41) is 3.22. The molecule has 20 heavy (non-hydrogen) atoms. The number of anilines is 2. The van der Waals surface area contributed by atoms with Crippen molar-refractivity contribution in [2.24, 2.45) is 0 Å². The Balaban J connectivity index is 1.98. The van der Waals surface area contributed by atoms with Crippen molar-refractivity contribution in [3.63, 3.8) is 0 Å². The van der Waals surface area contributed by atoms with E-state index in [1.165, 1.54) is 6.07 Å². The zero-order chi connectivity index (χ0) is 14.4. The molecule has 3 nitrogen and oxygen atoms in total. The van der Waals surface area contributed by atoms with Gasteiger partial charge >= 0.3 is 0 Å². The molecule has 0 fully saturated rings. The van der Waals surface area contributed by atoms with Crippen molar-refractivity contribution in [1.29, 1.82) is 0 Å². The first-order chi connectivity index (χ1) is 9.72. The Morgan fingerprint density at radius 3 is 2.70 bits per heavy atom. The molecule has 0 aromatic heterocycles. The number of hydrogen-bond donors (Lipinski definition) is 2. The number of rotatable bonds is 6. The average Bonchev–Trinajstić information content (AvgIpc) is 2.45. The molecule has 0 heterocycles. The van der Waals surface area contributed by atoms with Gasteiger partial charge in [-0.25, -0.2) is 4.39 Å². The van der Waals surface area contributed by atoms with Crippen LogP contribution < -0.4 is 15.8 Å². The molecule has 106 valence electrons. The van der Waals surface area contributed by atoms with Gasteiger partial charge in [-0.05, 0) is 37.1 Å². The third kappa shape index (κ3) is 3.41. The van der Waals surface area contributed by atoms with Crippen LogP contribution >= 0.6 is 0 Å². The number of halogens is 1. The van der Waals surface area contributed by atoms with E-state index < -0.39 is 0 Å². The van der Waals surface area contributed by atoms with E-state index in [4.69, 9.17) is 10.5 Å². The zero-order valence-corrected chi connectivity index (χ0v) is 11.5. The highest BCUT2D eigenvalue weighted by molar-refractivity contribution is 5.72. The molecule has 2 aromatic carbocycles. The Kier molecular flexibility index (Phi) is 4.82. The fourth-order valence-corrected chi connectivity index (χ4v) is 2.01. The van der Waals surface area contributed by atoms with Crippen LogP contribution in [0, 0.1) is 5.82 Å². The van der Waals surface area contributed by atoms with E-state index in [1.54, 1.807) is 12.1 Å². The van der Waals surface area contributed by atoms with E-state index in [0.29, 0.717) is 36.6 Å². The summed E-state index contributed by atoms with van der Waals surface area (Å²) in [6, 6.07) is 12.4. The van der Waals surface area contributed by atoms with E-state index in [1.807, 2.05) is 31.2 Å². The number of nitrogens with one attached hydrogen (secondary N) is 1. The van der Waals surface area contributed by atoms with Crippen molar-refractivity contribution < 1.29 is 9.13 Å². The smallest absolute Gasteiger partial charge is 0.144 e. The normalized spacial score (nSPS) is 10.3. The third-order valence-corrected chi connectivity index (χ3v) is 3.03. The first-order valence-electron chi connectivity index (χ1n) is 6.71. The minimum Gasteiger partial charge on any atom is -0.492 e. The van der Waals surface area contributed by atoms with Crippen LogP contribution in [-0.4, -0.2) is 13.2 Å². The number of nitrogen functional groups attached to an aromatic ring is 1. The second kappa shape index (κ2) is 6.80. The van der Waals surface area contributed by atoms with Gasteiger partial charge in [0.05, 0.1) is 18.0 Å². The largest absolute Gasteiger partial charge is 0.492 e. The van der Waals surface area contributed by atoms with E-state index in [9.17, 15) is 4.39 Å². The van der Waals surface area contributed by atoms with Gasteiger partial charge in [-0.1, -0.05) is 24.3 Å². The van der Waals surface area contributed by atoms with Crippen molar-refractivity contribution in [2.75, 3.05) is 24.2 Å². The van der Waals surface area contributed by atoms with Crippen LogP contribution in [0.4, 0.5) is 15.8 Å². The first kappa shape index (κ1) is 14.2. The maximum Gasteiger partial charge on any atom is 0.144 e. The highest BCUT2D eigenvalue weighted by Gasteiger charge is 2.06. The summed E-state index contributed by atoms with van der Waals surface area (Å²) in [5.74, 6) is 0.494. The highest BCUT2D eigenvalue weighted by Crippen LogP contribution is 2.29. The van der Waals surface area contributed by atoms with Crippen molar-refractivity contribution in [3.05, 3.63) is 53.8 Å². The Hall–Kier alpha value is -2.23. The second-order valence-electron chi connectivity index (χ2n) is 4.42. The number of nitrogens with two attached hydrogens (primary N) is 1. The molecule has 0 aliphatic rings. The minimum absolute atomic E-state index is 0.176. The molecule has 4 heteroatoms. The summed E-state index contributed by atoms with van der Waals surface area (Å²) in [5.41, 5.74) is 8.11. The molecule has 0 saturated heterocycles. The number of para-hydroxylation sites is 1. The summed E-state index contributed by atoms with van der Waals surface area (Å²) in [4.78, 5) is 0. The minimum atomic E-state index is -0.176. The van der Waals surface area contributed by atoms with E-state index in [0.717, 1.165) is 5.69 Å². The summed E-state index contributed by atoms with van der Waals surface area (Å²) < 4.78 is 18.9. The Morgan fingerprint density at radius 2 is 1.95 bits per heavy atom. The topological polar surface area (TPSA) is 47.3 Å². The van der Waals surface area contributed by atoms with Crippen LogP contribution in [-0.2, 0) is 6.42 Å². The molecule has 0 radical (unpaired) electrons. The van der Waals surface area contributed by atoms with Gasteiger partial charge in [-0.2, -0.15) is 0 Å². The third-order valence-electron chi connectivity index (χ3n) is 3.03. The molecule has 0 saturated carbocycles. The van der Waals surface area contributed by atoms with E-state index in [2.05, 4.69) is 5.32 Å². The molecule has 0 bridgehead atoms. The molecule has 0 aliphatic heterocycles. The number of benzene rings is 2. The predicted molar refractivity (Wildman–Crippen MR) is 80.6 cm³/mol. The quantitative estimate of drug-likeness (QED) is 0.793. The van der Waals surface area contributed by atoms with Gasteiger partial charge in [0.15, 0.2) is 0 Å². The van der Waals surface area contributed by atoms with Crippen molar-refractivity contribution in [3.8, 4) is 5.75 Å². The summed E-state index contributed by atoms with van der Waals surface area (Å²) in [6.45, 7) is 3.10. The van der Waals surface area contributed by atoms with Crippen LogP contribution in [0.2, 0.25) is 0 Å². The summed E-state index contributed by atoms with van der Waals surface area (Å²) in [7, 11) is 0. The molecule has 2 rings (SSSR count). The zero-order valence-electron chi connectivity index (χ0n) is 11.5. The lowest BCUT2D eigenvalue weighted by Crippen LogP contribution is -2.08. The average molecular weight is 274 g/mol. The Labute approximate surface area is 118 Å². The van der Waals surface area contributed by atoms with Crippen LogP contribution in [0.25, 0.3) is 0 Å². The Bertz CT molecular complexity index is 572. The van der Waals surface area contributed by atoms with Gasteiger partial charge in [0, 0.05) is 6.54 Å². The molecular weight excluding hydrogens is 255 g/mol. The standard InChI is InChI=1S/C16H19FN2O/c1-2-20-15-9-5-8-14(16(15)18)19-11-10-12-6-3-4-7-13(12)17/h3-9,19H,2,10-11,18H2,1H3. The van der Waals surface area contributed by atoms with Crippen molar-refractivity contribution in [2.45, 2.75) is 13.3 Å². The molecule has 0 spiro atoms. The maximum atomic E-state index is 13.5. The molecule has 0 atom stereocenters. The number of ether oxygens (including phenoxy) is 1. The van der Waals surface area contributed by atoms with Gasteiger partial charge in [-0.15, -0.1) is 0 Å². The highest BCUT2D eigenvalue weighted by atomic mass is 19.1. The fourth-order valence-electron chi connectivity index (χ4n) is 2.01. The molecule has 3 N–H and O–H groups in total. The maximum absolute atomic E-state index is 13.5. The monoisotopic (exact) mass is 274 g/mol. The predicted octanol–water partition coefficient (Wildman–Crippen LogP) is 3.46. The summed E-state index contributed by atoms with van der Waals surface area (Å²) in [6.07, 6.45) is 0.602. The van der Waals surface area contributed by atoms with Crippen LogP contribution in [0.15, 0.2) is 42.5 Å². The number of hydrogen-bond acceptors (Lipinski definition) is 3. The first-order valence-corrected chi connectivity index (χ1v) is 6.71. The second-order valence-corrected chi connectivity index (χ2v) is 4.42. The van der Waals surface area contributed by atoms with E-state index in [-0.39, 0.29) is 5.82 Å². The molecule has 0 aliphatic carbocycles. The van der Waals surface area contributed by atoms with Gasteiger partial charge in [0.1, 0.15) is 11.6 Å². The van der Waals surface area contributed by atoms with Gasteiger partial charge in [-0.3, -0.25) is 0 Å². The molecule has 0 unspecified atom stereocenters. The summed E-state index contributed by atoms with van der Waals surface area (Å²) >= 11 is 0. The van der Waals surface area contributed by atoms with Crippen LogP contribution in [0.3, 0.4) is 0 Å². The van der Waals surface area contributed by atoms with Gasteiger partial charge in [0.2, 0.25) is 0 Å². The van der Waals surface area contributed by atoms with Crippen molar-refractivity contribution in [1.82, 2.24) is 0 Å². The van der Waals surface area contributed by atoms with Crippen LogP contribution in [0.1, 0.15) is 12.5 Å². The van der Waals surface area contributed by atoms with Crippen LogP contribution in [0.5, 0.6) is 5.75 Å². The van der Waals surface area contributed by atoms with Gasteiger partial charge in [0.25, 0.3) is 0 Å². The molecule has 0 amide bonds. The lowest BCUT2D eigenvalue weighted by atomic mass is 10.1.